The number of hydrogen-bond donors (Lipinski definition) is 2. The van der Waals surface area contributed by atoms with Gasteiger partial charge in [-0.2, -0.15) is 0 Å². The minimum absolute atomic E-state index is 0.0945. The van der Waals surface area contributed by atoms with Gasteiger partial charge < -0.3 is 20.1 Å². The molecule has 2 N–H and O–H groups in total. The van der Waals surface area contributed by atoms with Crippen LogP contribution in [0.3, 0.4) is 0 Å². The van der Waals surface area contributed by atoms with E-state index in [1.807, 2.05) is 30.3 Å². The van der Waals surface area contributed by atoms with E-state index in [-0.39, 0.29) is 11.9 Å². The molecule has 0 radical (unpaired) electrons. The first-order chi connectivity index (χ1) is 16.8. The van der Waals surface area contributed by atoms with Gasteiger partial charge in [-0.05, 0) is 43.7 Å². The molecule has 6 nitrogen and oxygen atoms in total. The van der Waals surface area contributed by atoms with Gasteiger partial charge in [0, 0.05) is 48.7 Å². The molecule has 1 aromatic heterocycles. The fourth-order valence-electron chi connectivity index (χ4n) is 4.57. The number of benzene rings is 2. The number of fused-ring (bicyclic) bond motifs is 1. The number of amides is 1. The zero-order valence-electron chi connectivity index (χ0n) is 19.6. The van der Waals surface area contributed by atoms with Gasteiger partial charge in [0.1, 0.15) is 17.5 Å². The molecule has 2 atom stereocenters. The van der Waals surface area contributed by atoms with Gasteiger partial charge in [-0.3, -0.25) is 0 Å². The topological polar surface area (TPSA) is 72.5 Å². The zero-order valence-corrected chi connectivity index (χ0v) is 20.3. The first kappa shape index (κ1) is 23.6. The maximum absolute atomic E-state index is 13.6. The molecule has 8 heteroatoms. The Bertz CT molecular complexity index is 1210. The smallest absolute Gasteiger partial charge is 0.408 e. The lowest BCUT2D eigenvalue weighted by Crippen LogP contribution is -2.33. The molecule has 2 heterocycles. The summed E-state index contributed by atoms with van der Waals surface area (Å²) in [4.78, 5) is 17.3. The van der Waals surface area contributed by atoms with Gasteiger partial charge in [0.25, 0.3) is 0 Å². The lowest BCUT2D eigenvalue weighted by Gasteiger charge is -2.28. The van der Waals surface area contributed by atoms with Crippen molar-refractivity contribution in [2.24, 2.45) is 11.8 Å². The van der Waals surface area contributed by atoms with Gasteiger partial charge in [-0.25, -0.2) is 14.2 Å². The summed E-state index contributed by atoms with van der Waals surface area (Å²) in [6, 6.07) is 17.3. The molecule has 2 unspecified atom stereocenters. The van der Waals surface area contributed by atoms with Crippen molar-refractivity contribution in [3.63, 3.8) is 0 Å². The van der Waals surface area contributed by atoms with Crippen LogP contribution in [0, 0.1) is 17.7 Å². The summed E-state index contributed by atoms with van der Waals surface area (Å²) in [6.07, 6.45) is -0.475. The predicted octanol–water partition coefficient (Wildman–Crippen LogP) is 5.30. The van der Waals surface area contributed by atoms with Crippen molar-refractivity contribution in [2.45, 2.75) is 32.1 Å². The summed E-state index contributed by atoms with van der Waals surface area (Å²) >= 11 is 6.81. The predicted molar refractivity (Wildman–Crippen MR) is 132 cm³/mol. The summed E-state index contributed by atoms with van der Waals surface area (Å²) in [5.74, 6) is 0.996. The molecule has 1 amide bonds. The zero-order chi connectivity index (χ0) is 24.6. The third-order valence-electron chi connectivity index (χ3n) is 6.60. The van der Waals surface area contributed by atoms with Crippen LogP contribution in [0.25, 0.3) is 11.3 Å². The molecule has 5 rings (SSSR count). The first-order valence-corrected chi connectivity index (χ1v) is 12.0. The van der Waals surface area contributed by atoms with Crippen LogP contribution in [0.4, 0.5) is 9.18 Å². The van der Waals surface area contributed by atoms with Gasteiger partial charge >= 0.3 is 6.09 Å². The maximum Gasteiger partial charge on any atom is 0.408 e. The molecule has 35 heavy (non-hydrogen) atoms. The fourth-order valence-corrected chi connectivity index (χ4v) is 5.01. The van der Waals surface area contributed by atoms with Gasteiger partial charge in [0.2, 0.25) is 5.88 Å². The normalized spacial score (nSPS) is 20.7. The van der Waals surface area contributed by atoms with Crippen molar-refractivity contribution in [3.8, 4) is 17.1 Å². The summed E-state index contributed by atoms with van der Waals surface area (Å²) in [5.41, 5.74) is 1.52. The molecular formula is C27H27ClFN3O3. The van der Waals surface area contributed by atoms with E-state index in [4.69, 9.17) is 21.1 Å². The van der Waals surface area contributed by atoms with E-state index in [0.29, 0.717) is 46.1 Å². The Morgan fingerprint density at radius 1 is 1.14 bits per heavy atom. The van der Waals surface area contributed by atoms with Gasteiger partial charge in [0.15, 0.2) is 0 Å². The number of aromatic nitrogens is 1. The monoisotopic (exact) mass is 495 g/mol. The number of rotatable bonds is 7. The molecule has 2 aromatic carbocycles. The number of carbonyl (C=O) groups excluding carboxylic acids is 1. The first-order valence-electron chi connectivity index (χ1n) is 11.7. The Labute approximate surface area is 208 Å². The number of alkyl carbamates (subject to hydrolysis) is 1. The number of hydrogen-bond acceptors (Lipinski definition) is 5. The van der Waals surface area contributed by atoms with Gasteiger partial charge in [-0.15, -0.1) is 0 Å². The third-order valence-corrected chi connectivity index (χ3v) is 6.98. The number of nitrogens with one attached hydrogen (secondary N) is 2. The molecular weight excluding hydrogens is 469 g/mol. The quantitative estimate of drug-likeness (QED) is 0.465. The average Bonchev–Trinajstić information content (AvgIpc) is 3.24. The molecule has 3 aromatic rings. The Morgan fingerprint density at radius 3 is 2.51 bits per heavy atom. The van der Waals surface area contributed by atoms with Crippen LogP contribution in [0.5, 0.6) is 5.88 Å². The average molecular weight is 496 g/mol. The SMILES string of the molecule is CC(C)(OC(=O)NCc1ccccc1)c1cc(OC2C3CNCC32)nc(-c2ccc(F)cc2)c1Cl. The summed E-state index contributed by atoms with van der Waals surface area (Å²) in [6.45, 7) is 5.73. The summed E-state index contributed by atoms with van der Waals surface area (Å²) in [7, 11) is 0. The standard InChI is InChI=1S/C27H27ClFN3O3/c1-27(2,35-26(33)31-13-16-6-4-3-5-7-16)21-12-22(34-25-19-14-30-15-20(19)25)32-24(23(21)28)17-8-10-18(29)11-9-17/h3-12,19-20,25,30H,13-15H2,1-2H3,(H,31,33). The van der Waals surface area contributed by atoms with Crippen molar-refractivity contribution < 1.29 is 18.7 Å². The summed E-state index contributed by atoms with van der Waals surface area (Å²) < 4.78 is 25.6. The second kappa shape index (κ2) is 9.47. The highest BCUT2D eigenvalue weighted by atomic mass is 35.5. The molecule has 2 fully saturated rings. The Kier molecular flexibility index (Phi) is 6.38. The van der Waals surface area contributed by atoms with Crippen molar-refractivity contribution in [1.29, 1.82) is 0 Å². The van der Waals surface area contributed by atoms with E-state index in [1.165, 1.54) is 12.1 Å². The number of nitrogens with zero attached hydrogens (tertiary/aromatic N) is 1. The minimum Gasteiger partial charge on any atom is -0.474 e. The van der Waals surface area contributed by atoms with E-state index in [0.717, 1.165) is 18.7 Å². The molecule has 1 saturated carbocycles. The van der Waals surface area contributed by atoms with Gasteiger partial charge in [-0.1, -0.05) is 41.9 Å². The highest BCUT2D eigenvalue weighted by molar-refractivity contribution is 6.34. The largest absolute Gasteiger partial charge is 0.474 e. The van der Waals surface area contributed by atoms with Crippen molar-refractivity contribution in [1.82, 2.24) is 15.6 Å². The van der Waals surface area contributed by atoms with Crippen LogP contribution < -0.4 is 15.4 Å². The molecule has 2 aliphatic rings. The minimum atomic E-state index is -1.09. The number of carbonyl (C=O) groups is 1. The number of halogens is 2. The molecule has 0 bridgehead atoms. The number of piperidine rings is 1. The van der Waals surface area contributed by atoms with E-state index in [2.05, 4.69) is 15.6 Å². The Morgan fingerprint density at radius 2 is 1.83 bits per heavy atom. The molecule has 182 valence electrons. The van der Waals surface area contributed by atoms with Crippen LogP contribution in [0.1, 0.15) is 25.0 Å². The third kappa shape index (κ3) is 5.11. The van der Waals surface area contributed by atoms with E-state index >= 15 is 0 Å². The van der Waals surface area contributed by atoms with Crippen LogP contribution >= 0.6 is 11.6 Å². The van der Waals surface area contributed by atoms with Crippen LogP contribution in [-0.2, 0) is 16.9 Å². The number of pyridine rings is 1. The van der Waals surface area contributed by atoms with Crippen LogP contribution in [0.2, 0.25) is 5.02 Å². The lowest BCUT2D eigenvalue weighted by molar-refractivity contribution is 0.0358. The highest BCUT2D eigenvalue weighted by Crippen LogP contribution is 2.46. The second-order valence-corrected chi connectivity index (χ2v) is 9.86. The molecule has 0 spiro atoms. The van der Waals surface area contributed by atoms with E-state index in [9.17, 15) is 9.18 Å². The van der Waals surface area contributed by atoms with E-state index < -0.39 is 11.7 Å². The Hall–Kier alpha value is -3.16. The van der Waals surface area contributed by atoms with Crippen molar-refractivity contribution in [3.05, 3.63) is 82.6 Å². The second-order valence-electron chi connectivity index (χ2n) is 9.48. The van der Waals surface area contributed by atoms with Gasteiger partial charge in [0.05, 0.1) is 10.7 Å². The highest BCUT2D eigenvalue weighted by Gasteiger charge is 2.55. The van der Waals surface area contributed by atoms with E-state index in [1.54, 1.807) is 32.0 Å². The number of ether oxygens (including phenoxy) is 2. The van der Waals surface area contributed by atoms with Crippen LogP contribution in [-0.4, -0.2) is 30.3 Å². The maximum atomic E-state index is 13.6. The summed E-state index contributed by atoms with van der Waals surface area (Å²) in [5, 5.41) is 6.45. The lowest BCUT2D eigenvalue weighted by atomic mass is 9.96. The molecule has 1 aliphatic heterocycles. The molecule has 1 aliphatic carbocycles. The van der Waals surface area contributed by atoms with Crippen molar-refractivity contribution in [2.75, 3.05) is 13.1 Å². The Balaban J connectivity index is 1.41. The van der Waals surface area contributed by atoms with Crippen molar-refractivity contribution >= 4 is 17.7 Å². The fraction of sp³-hybridized carbons (Fsp3) is 0.333. The molecule has 1 saturated heterocycles. The van der Waals surface area contributed by atoms with Crippen LogP contribution in [0.15, 0.2) is 60.7 Å².